The smallest absolute Gasteiger partial charge is 0.276 e. The molecule has 178 valence electrons. The average Bonchev–Trinajstić information content (AvgIpc) is 3.33. The Morgan fingerprint density at radius 2 is 2.00 bits per heavy atom. The van der Waals surface area contributed by atoms with E-state index in [2.05, 4.69) is 11.2 Å². The molecule has 2 aromatic rings. The van der Waals surface area contributed by atoms with Gasteiger partial charge in [0.05, 0.1) is 19.7 Å². The Morgan fingerprint density at radius 1 is 1.15 bits per heavy atom. The second-order valence-corrected chi connectivity index (χ2v) is 8.65. The van der Waals surface area contributed by atoms with Gasteiger partial charge in [-0.05, 0) is 44.2 Å². The van der Waals surface area contributed by atoms with Gasteiger partial charge in [-0.3, -0.25) is 9.59 Å². The molecule has 2 aliphatic rings. The Labute approximate surface area is 194 Å². The van der Waals surface area contributed by atoms with Crippen molar-refractivity contribution in [2.24, 2.45) is 0 Å². The van der Waals surface area contributed by atoms with Gasteiger partial charge in [-0.1, -0.05) is 30.3 Å². The number of para-hydroxylation sites is 1. The van der Waals surface area contributed by atoms with Crippen LogP contribution in [0, 0.1) is 0 Å². The molecule has 0 saturated carbocycles. The maximum Gasteiger partial charge on any atom is 0.276 e. The van der Waals surface area contributed by atoms with Gasteiger partial charge in [-0.15, -0.1) is 0 Å². The third-order valence-corrected chi connectivity index (χ3v) is 6.53. The third kappa shape index (κ3) is 5.05. The highest BCUT2D eigenvalue weighted by atomic mass is 16.5. The van der Waals surface area contributed by atoms with E-state index in [-0.39, 0.29) is 24.1 Å². The maximum atomic E-state index is 13.7. The minimum Gasteiger partial charge on any atom is -0.491 e. The Morgan fingerprint density at radius 3 is 2.79 bits per heavy atom. The predicted molar refractivity (Wildman–Crippen MR) is 122 cm³/mol. The van der Waals surface area contributed by atoms with Gasteiger partial charge in [0.25, 0.3) is 11.8 Å². The largest absolute Gasteiger partial charge is 0.491 e. The summed E-state index contributed by atoms with van der Waals surface area (Å²) in [6.07, 6.45) is 3.82. The summed E-state index contributed by atoms with van der Waals surface area (Å²) in [5.41, 5.74) is 0.405. The van der Waals surface area contributed by atoms with Crippen molar-refractivity contribution in [3.8, 4) is 5.75 Å². The first kappa shape index (κ1) is 23.3. The van der Waals surface area contributed by atoms with Crippen molar-refractivity contribution in [3.63, 3.8) is 0 Å². The first-order valence-electron chi connectivity index (χ1n) is 11.9. The Hall–Kier alpha value is -2.87. The Bertz CT molecular complexity index is 974. The standard InChI is InChI=1S/C25H33N3O5/c1-3-20-17-21(26-33-20)23(29)28-14-16-32-25(18-28)12-8-7-10-19-9-5-6-11-22(19)31-15-13-27(4-2)24(25)30/h5-6,9,11,17H,3-4,7-8,10,12-16,18H2,1-2H3. The van der Waals surface area contributed by atoms with Crippen LogP contribution in [0.2, 0.25) is 0 Å². The molecular formula is C25H33N3O5. The summed E-state index contributed by atoms with van der Waals surface area (Å²) in [4.78, 5) is 30.3. The molecule has 2 amide bonds. The highest BCUT2D eigenvalue weighted by Crippen LogP contribution is 2.30. The molecule has 1 spiro atoms. The summed E-state index contributed by atoms with van der Waals surface area (Å²) < 4.78 is 17.4. The number of aromatic nitrogens is 1. The molecule has 4 rings (SSSR count). The lowest BCUT2D eigenvalue weighted by Crippen LogP contribution is -2.62. The van der Waals surface area contributed by atoms with Crippen molar-refractivity contribution in [1.29, 1.82) is 0 Å². The van der Waals surface area contributed by atoms with Gasteiger partial charge in [0, 0.05) is 25.6 Å². The Kier molecular flexibility index (Phi) is 7.33. The zero-order valence-corrected chi connectivity index (χ0v) is 19.5. The topological polar surface area (TPSA) is 85.1 Å². The van der Waals surface area contributed by atoms with Crippen LogP contribution in [-0.4, -0.2) is 71.8 Å². The summed E-state index contributed by atoms with van der Waals surface area (Å²) in [5, 5.41) is 3.93. The fraction of sp³-hybridized carbons (Fsp3) is 0.560. The molecule has 0 bridgehead atoms. The lowest BCUT2D eigenvalue weighted by atomic mass is 9.91. The number of amides is 2. The number of aryl methyl sites for hydroxylation is 2. The molecule has 2 aliphatic heterocycles. The molecule has 3 heterocycles. The highest BCUT2D eigenvalue weighted by molar-refractivity contribution is 5.93. The van der Waals surface area contributed by atoms with Crippen LogP contribution in [0.3, 0.4) is 0 Å². The number of likely N-dealkylation sites (N-methyl/N-ethyl adjacent to an activating group) is 1. The molecule has 1 saturated heterocycles. The number of hydrogen-bond donors (Lipinski definition) is 0. The summed E-state index contributed by atoms with van der Waals surface area (Å²) in [7, 11) is 0. The van der Waals surface area contributed by atoms with E-state index in [0.717, 1.165) is 25.0 Å². The van der Waals surface area contributed by atoms with E-state index in [9.17, 15) is 9.59 Å². The second-order valence-electron chi connectivity index (χ2n) is 8.65. The van der Waals surface area contributed by atoms with Crippen LogP contribution in [0.25, 0.3) is 0 Å². The van der Waals surface area contributed by atoms with Crippen LogP contribution >= 0.6 is 0 Å². The fourth-order valence-corrected chi connectivity index (χ4v) is 4.62. The lowest BCUT2D eigenvalue weighted by molar-refractivity contribution is -0.170. The number of rotatable bonds is 3. The summed E-state index contributed by atoms with van der Waals surface area (Å²) in [6.45, 7) is 6.28. The number of carbonyl (C=O) groups is 2. The first-order chi connectivity index (χ1) is 16.1. The average molecular weight is 456 g/mol. The maximum absolute atomic E-state index is 13.7. The fourth-order valence-electron chi connectivity index (χ4n) is 4.62. The first-order valence-corrected chi connectivity index (χ1v) is 11.9. The predicted octanol–water partition coefficient (Wildman–Crippen LogP) is 3.10. The summed E-state index contributed by atoms with van der Waals surface area (Å²) in [5.74, 6) is 1.26. The van der Waals surface area contributed by atoms with Gasteiger partial charge in [-0.2, -0.15) is 0 Å². The zero-order valence-electron chi connectivity index (χ0n) is 19.5. The van der Waals surface area contributed by atoms with Crippen molar-refractivity contribution in [2.45, 2.75) is 51.6 Å². The molecule has 0 N–H and O–H groups in total. The van der Waals surface area contributed by atoms with E-state index in [1.165, 1.54) is 5.56 Å². The molecular weight excluding hydrogens is 422 g/mol. The van der Waals surface area contributed by atoms with E-state index in [4.69, 9.17) is 14.0 Å². The lowest BCUT2D eigenvalue weighted by Gasteiger charge is -2.43. The van der Waals surface area contributed by atoms with Crippen LogP contribution in [0.5, 0.6) is 5.75 Å². The van der Waals surface area contributed by atoms with Crippen LogP contribution in [0.15, 0.2) is 34.9 Å². The van der Waals surface area contributed by atoms with Crippen molar-refractivity contribution < 1.29 is 23.6 Å². The molecule has 0 radical (unpaired) electrons. The normalized spacial score (nSPS) is 22.3. The molecule has 1 aromatic heterocycles. The third-order valence-electron chi connectivity index (χ3n) is 6.53. The molecule has 1 atom stereocenters. The molecule has 1 fully saturated rings. The number of fused-ring (bicyclic) bond motifs is 1. The molecule has 8 nitrogen and oxygen atoms in total. The molecule has 1 unspecified atom stereocenters. The molecule has 0 aliphatic carbocycles. The van der Waals surface area contributed by atoms with Crippen LogP contribution in [0.4, 0.5) is 0 Å². The number of nitrogens with zero attached hydrogens (tertiary/aromatic N) is 3. The van der Waals surface area contributed by atoms with Gasteiger partial charge < -0.3 is 23.8 Å². The highest BCUT2D eigenvalue weighted by Gasteiger charge is 2.46. The zero-order chi connectivity index (χ0) is 23.3. The minimum absolute atomic E-state index is 0.0747. The van der Waals surface area contributed by atoms with E-state index in [0.29, 0.717) is 51.4 Å². The van der Waals surface area contributed by atoms with E-state index in [1.54, 1.807) is 15.9 Å². The minimum atomic E-state index is -1.06. The molecule has 33 heavy (non-hydrogen) atoms. The van der Waals surface area contributed by atoms with Crippen molar-refractivity contribution in [1.82, 2.24) is 15.0 Å². The van der Waals surface area contributed by atoms with E-state index < -0.39 is 5.60 Å². The SMILES string of the molecule is CCc1cc(C(=O)N2CCOC3(CCCCc4ccccc4OCCN(CC)C3=O)C2)no1. The van der Waals surface area contributed by atoms with Gasteiger partial charge >= 0.3 is 0 Å². The number of ether oxygens (including phenoxy) is 2. The van der Waals surface area contributed by atoms with Gasteiger partial charge in [0.1, 0.15) is 18.1 Å². The summed E-state index contributed by atoms with van der Waals surface area (Å²) >= 11 is 0. The number of hydrogen-bond acceptors (Lipinski definition) is 6. The van der Waals surface area contributed by atoms with Crippen molar-refractivity contribution >= 4 is 11.8 Å². The van der Waals surface area contributed by atoms with E-state index >= 15 is 0 Å². The second kappa shape index (κ2) is 10.4. The van der Waals surface area contributed by atoms with Crippen molar-refractivity contribution in [3.05, 3.63) is 47.3 Å². The van der Waals surface area contributed by atoms with Crippen LogP contribution in [-0.2, 0) is 22.4 Å². The van der Waals surface area contributed by atoms with Crippen LogP contribution in [0.1, 0.15) is 54.9 Å². The number of morpholine rings is 1. The van der Waals surface area contributed by atoms with Gasteiger partial charge in [0.2, 0.25) is 0 Å². The molecule has 8 heteroatoms. The number of carbonyl (C=O) groups excluding carboxylic acids is 2. The monoisotopic (exact) mass is 455 g/mol. The quantitative estimate of drug-likeness (QED) is 0.707. The van der Waals surface area contributed by atoms with Crippen molar-refractivity contribution in [2.75, 3.05) is 39.4 Å². The van der Waals surface area contributed by atoms with E-state index in [1.807, 2.05) is 32.0 Å². The molecule has 1 aromatic carbocycles. The van der Waals surface area contributed by atoms with Gasteiger partial charge in [-0.25, -0.2) is 0 Å². The number of benzene rings is 1. The Balaban J connectivity index is 1.55. The van der Waals surface area contributed by atoms with Crippen LogP contribution < -0.4 is 4.74 Å². The summed E-state index contributed by atoms with van der Waals surface area (Å²) in [6, 6.07) is 9.77. The van der Waals surface area contributed by atoms with Gasteiger partial charge in [0.15, 0.2) is 11.3 Å².